The summed E-state index contributed by atoms with van der Waals surface area (Å²) >= 11 is 0. The SMILES string of the molecule is CC(N)c1ccc(CCC2(F)CC2C)nc1. The number of aryl methyl sites for hydroxylation is 1. The van der Waals surface area contributed by atoms with E-state index >= 15 is 0 Å². The quantitative estimate of drug-likeness (QED) is 0.850. The van der Waals surface area contributed by atoms with Gasteiger partial charge in [-0.3, -0.25) is 4.98 Å². The lowest BCUT2D eigenvalue weighted by Crippen LogP contribution is -2.08. The lowest BCUT2D eigenvalue weighted by molar-refractivity contribution is 0.267. The summed E-state index contributed by atoms with van der Waals surface area (Å²) < 4.78 is 13.7. The second-order valence-corrected chi connectivity index (χ2v) is 5.01. The number of hydrogen-bond acceptors (Lipinski definition) is 2. The normalized spacial score (nSPS) is 30.1. The van der Waals surface area contributed by atoms with Crippen LogP contribution in [0, 0.1) is 5.92 Å². The van der Waals surface area contributed by atoms with Crippen LogP contribution >= 0.6 is 0 Å². The molecule has 1 aliphatic rings. The fourth-order valence-corrected chi connectivity index (χ4v) is 1.99. The second kappa shape index (κ2) is 4.13. The molecule has 1 aromatic heterocycles. The van der Waals surface area contributed by atoms with Crippen LogP contribution in [0.5, 0.6) is 0 Å². The third-order valence-electron chi connectivity index (χ3n) is 3.54. The van der Waals surface area contributed by atoms with Crippen LogP contribution in [0.4, 0.5) is 4.39 Å². The van der Waals surface area contributed by atoms with Crippen LogP contribution < -0.4 is 5.73 Å². The van der Waals surface area contributed by atoms with Crippen molar-refractivity contribution >= 4 is 0 Å². The van der Waals surface area contributed by atoms with E-state index in [1.54, 1.807) is 6.20 Å². The number of rotatable bonds is 4. The average molecular weight is 222 g/mol. The molecule has 0 amide bonds. The van der Waals surface area contributed by atoms with Gasteiger partial charge < -0.3 is 5.73 Å². The molecule has 0 bridgehead atoms. The van der Waals surface area contributed by atoms with Crippen molar-refractivity contribution in [2.24, 2.45) is 11.7 Å². The molecule has 1 fully saturated rings. The van der Waals surface area contributed by atoms with Crippen LogP contribution in [0.15, 0.2) is 18.3 Å². The maximum atomic E-state index is 13.7. The van der Waals surface area contributed by atoms with Crippen molar-refractivity contribution in [3.63, 3.8) is 0 Å². The minimum atomic E-state index is -0.915. The van der Waals surface area contributed by atoms with Gasteiger partial charge in [-0.1, -0.05) is 13.0 Å². The van der Waals surface area contributed by atoms with Crippen molar-refractivity contribution in [3.8, 4) is 0 Å². The van der Waals surface area contributed by atoms with Crippen molar-refractivity contribution < 1.29 is 4.39 Å². The van der Waals surface area contributed by atoms with Gasteiger partial charge in [0.2, 0.25) is 0 Å². The van der Waals surface area contributed by atoms with E-state index in [-0.39, 0.29) is 12.0 Å². The number of nitrogens with zero attached hydrogens (tertiary/aromatic N) is 1. The molecule has 3 unspecified atom stereocenters. The highest BCUT2D eigenvalue weighted by Gasteiger charge is 2.51. The first-order chi connectivity index (χ1) is 7.51. The summed E-state index contributed by atoms with van der Waals surface area (Å²) in [5.41, 5.74) is 6.81. The summed E-state index contributed by atoms with van der Waals surface area (Å²) in [6.45, 7) is 3.89. The zero-order valence-corrected chi connectivity index (χ0v) is 9.91. The Morgan fingerprint density at radius 2 is 2.31 bits per heavy atom. The zero-order valence-electron chi connectivity index (χ0n) is 9.91. The van der Waals surface area contributed by atoms with Crippen molar-refractivity contribution in [2.45, 2.75) is 44.8 Å². The molecule has 88 valence electrons. The van der Waals surface area contributed by atoms with E-state index in [4.69, 9.17) is 5.73 Å². The van der Waals surface area contributed by atoms with Gasteiger partial charge in [-0.25, -0.2) is 4.39 Å². The van der Waals surface area contributed by atoms with Crippen LogP contribution in [-0.4, -0.2) is 10.7 Å². The molecule has 1 aliphatic carbocycles. The minimum absolute atomic E-state index is 0.0116. The topological polar surface area (TPSA) is 38.9 Å². The zero-order chi connectivity index (χ0) is 11.8. The van der Waals surface area contributed by atoms with Crippen LogP contribution in [0.25, 0.3) is 0 Å². The largest absolute Gasteiger partial charge is 0.324 e. The van der Waals surface area contributed by atoms with Crippen LogP contribution in [0.2, 0.25) is 0 Å². The summed E-state index contributed by atoms with van der Waals surface area (Å²) in [5, 5.41) is 0. The molecule has 0 saturated heterocycles. The highest BCUT2D eigenvalue weighted by atomic mass is 19.1. The Morgan fingerprint density at radius 3 is 2.75 bits per heavy atom. The predicted octanol–water partition coefficient (Wildman–Crippen LogP) is 2.78. The molecule has 1 saturated carbocycles. The minimum Gasteiger partial charge on any atom is -0.324 e. The van der Waals surface area contributed by atoms with Gasteiger partial charge in [0.25, 0.3) is 0 Å². The summed E-state index contributed by atoms with van der Waals surface area (Å²) in [6.07, 6.45) is 3.82. The van der Waals surface area contributed by atoms with Gasteiger partial charge in [-0.2, -0.15) is 0 Å². The van der Waals surface area contributed by atoms with Gasteiger partial charge >= 0.3 is 0 Å². The lowest BCUT2D eigenvalue weighted by Gasteiger charge is -2.08. The number of hydrogen-bond donors (Lipinski definition) is 1. The summed E-state index contributed by atoms with van der Waals surface area (Å²) in [5.74, 6) is 0.232. The molecule has 0 aromatic carbocycles. The van der Waals surface area contributed by atoms with Crippen LogP contribution in [0.3, 0.4) is 0 Å². The summed E-state index contributed by atoms with van der Waals surface area (Å²) in [4.78, 5) is 4.31. The Hall–Kier alpha value is -0.960. The highest BCUT2D eigenvalue weighted by molar-refractivity contribution is 5.17. The maximum absolute atomic E-state index is 13.7. The fourth-order valence-electron chi connectivity index (χ4n) is 1.99. The maximum Gasteiger partial charge on any atom is 0.114 e. The standard InChI is InChI=1S/C13H19FN2/c1-9-7-13(9,14)6-5-12-4-3-11(8-16-12)10(2)15/h3-4,8-10H,5-7,15H2,1-2H3. The van der Waals surface area contributed by atoms with Gasteiger partial charge in [0, 0.05) is 17.9 Å². The van der Waals surface area contributed by atoms with E-state index in [2.05, 4.69) is 4.98 Å². The first-order valence-corrected chi connectivity index (χ1v) is 5.90. The Bertz CT molecular complexity index is 361. The third-order valence-corrected chi connectivity index (χ3v) is 3.54. The van der Waals surface area contributed by atoms with E-state index in [1.165, 1.54) is 0 Å². The molecule has 2 nitrogen and oxygen atoms in total. The smallest absolute Gasteiger partial charge is 0.114 e. The molecule has 3 heteroatoms. The van der Waals surface area contributed by atoms with Crippen molar-refractivity contribution in [3.05, 3.63) is 29.6 Å². The number of nitrogens with two attached hydrogens (primary N) is 1. The Kier molecular flexibility index (Phi) is 2.98. The van der Waals surface area contributed by atoms with E-state index in [0.717, 1.165) is 17.7 Å². The molecular formula is C13H19FN2. The van der Waals surface area contributed by atoms with Crippen LogP contribution in [0.1, 0.15) is 44.0 Å². The molecule has 16 heavy (non-hydrogen) atoms. The highest BCUT2D eigenvalue weighted by Crippen LogP contribution is 2.49. The van der Waals surface area contributed by atoms with Crippen molar-refractivity contribution in [2.75, 3.05) is 0 Å². The molecule has 0 aliphatic heterocycles. The molecular weight excluding hydrogens is 203 g/mol. The third kappa shape index (κ3) is 2.40. The molecule has 1 aromatic rings. The second-order valence-electron chi connectivity index (χ2n) is 5.01. The number of halogens is 1. The van der Waals surface area contributed by atoms with Gasteiger partial charge in [-0.05, 0) is 43.7 Å². The van der Waals surface area contributed by atoms with Gasteiger partial charge in [0.05, 0.1) is 0 Å². The van der Waals surface area contributed by atoms with Crippen molar-refractivity contribution in [1.82, 2.24) is 4.98 Å². The van der Waals surface area contributed by atoms with Crippen molar-refractivity contribution in [1.29, 1.82) is 0 Å². The van der Waals surface area contributed by atoms with Gasteiger partial charge in [0.1, 0.15) is 5.67 Å². The molecule has 2 N–H and O–H groups in total. The number of alkyl halides is 1. The first-order valence-electron chi connectivity index (χ1n) is 5.90. The molecule has 3 atom stereocenters. The Morgan fingerprint density at radius 1 is 1.62 bits per heavy atom. The molecule has 1 heterocycles. The van der Waals surface area contributed by atoms with E-state index in [1.807, 2.05) is 26.0 Å². The molecule has 2 rings (SSSR count). The average Bonchev–Trinajstić information content (AvgIpc) is 2.85. The van der Waals surface area contributed by atoms with E-state index < -0.39 is 5.67 Å². The summed E-state index contributed by atoms with van der Waals surface area (Å²) in [7, 11) is 0. The van der Waals surface area contributed by atoms with E-state index in [9.17, 15) is 4.39 Å². The number of pyridine rings is 1. The predicted molar refractivity (Wildman–Crippen MR) is 62.8 cm³/mol. The van der Waals surface area contributed by atoms with E-state index in [0.29, 0.717) is 12.8 Å². The van der Waals surface area contributed by atoms with Gasteiger partial charge in [0.15, 0.2) is 0 Å². The van der Waals surface area contributed by atoms with Crippen LogP contribution in [-0.2, 0) is 6.42 Å². The Balaban J connectivity index is 1.91. The summed E-state index contributed by atoms with van der Waals surface area (Å²) in [6, 6.07) is 3.95. The number of aromatic nitrogens is 1. The fraction of sp³-hybridized carbons (Fsp3) is 0.615. The molecule has 0 spiro atoms. The van der Waals surface area contributed by atoms with Gasteiger partial charge in [-0.15, -0.1) is 0 Å². The first kappa shape index (κ1) is 11.5. The Labute approximate surface area is 96.1 Å². The lowest BCUT2D eigenvalue weighted by atomic mass is 10.1. The monoisotopic (exact) mass is 222 g/mol. The molecule has 0 radical (unpaired) electrons.